The largest absolute Gasteiger partial charge is 0.385 e. The molecule has 0 bridgehead atoms. The van der Waals surface area contributed by atoms with Gasteiger partial charge in [-0.25, -0.2) is 8.78 Å². The van der Waals surface area contributed by atoms with Crippen molar-refractivity contribution in [1.82, 2.24) is 15.1 Å². The highest BCUT2D eigenvalue weighted by Gasteiger charge is 2.27. The van der Waals surface area contributed by atoms with Gasteiger partial charge in [0.1, 0.15) is 11.6 Å². The quantitative estimate of drug-likeness (QED) is 0.394. The first-order valence-electron chi connectivity index (χ1n) is 10.2. The summed E-state index contributed by atoms with van der Waals surface area (Å²) >= 11 is 0. The standard InChI is InChI=1S/C21H34F2N4O/c1-4-20(18-9-8-17(22)16-19(18)23)26-11-13-27(14-12-26)21(24-2)25-10-6-5-7-15-28-3/h8-9,16,20H,4-7,10-15H2,1-3H3,(H,24,25). The van der Waals surface area contributed by atoms with E-state index in [0.717, 1.165) is 77.0 Å². The van der Waals surface area contributed by atoms with Crippen molar-refractivity contribution >= 4 is 5.96 Å². The highest BCUT2D eigenvalue weighted by molar-refractivity contribution is 5.79. The van der Waals surface area contributed by atoms with Gasteiger partial charge in [0.2, 0.25) is 0 Å². The molecule has 0 aromatic heterocycles. The Labute approximate surface area is 167 Å². The van der Waals surface area contributed by atoms with E-state index in [1.165, 1.54) is 6.07 Å². The lowest BCUT2D eigenvalue weighted by molar-refractivity contribution is 0.124. The van der Waals surface area contributed by atoms with Crippen molar-refractivity contribution in [3.05, 3.63) is 35.4 Å². The van der Waals surface area contributed by atoms with Gasteiger partial charge in [-0.05, 0) is 31.7 Å². The van der Waals surface area contributed by atoms with Crippen LogP contribution in [0.4, 0.5) is 8.78 Å². The van der Waals surface area contributed by atoms with Gasteiger partial charge in [-0.2, -0.15) is 0 Å². The number of aliphatic imine (C=N–C) groups is 1. The number of benzene rings is 1. The van der Waals surface area contributed by atoms with E-state index in [1.807, 2.05) is 14.0 Å². The average Bonchev–Trinajstić information content (AvgIpc) is 2.70. The number of ether oxygens (including phenoxy) is 1. The summed E-state index contributed by atoms with van der Waals surface area (Å²) in [6.45, 7) is 7.07. The van der Waals surface area contributed by atoms with Gasteiger partial charge >= 0.3 is 0 Å². The fourth-order valence-electron chi connectivity index (χ4n) is 3.77. The number of methoxy groups -OCH3 is 1. The second-order valence-corrected chi connectivity index (χ2v) is 7.14. The molecule has 0 amide bonds. The maximum atomic E-state index is 14.2. The number of halogens is 2. The van der Waals surface area contributed by atoms with Gasteiger partial charge in [0.15, 0.2) is 5.96 Å². The van der Waals surface area contributed by atoms with Crippen molar-refractivity contribution in [3.8, 4) is 0 Å². The minimum absolute atomic E-state index is 0.0292. The van der Waals surface area contributed by atoms with Crippen LogP contribution >= 0.6 is 0 Å². The lowest BCUT2D eigenvalue weighted by Gasteiger charge is -2.40. The van der Waals surface area contributed by atoms with Crippen molar-refractivity contribution in [2.75, 3.05) is 53.5 Å². The van der Waals surface area contributed by atoms with Gasteiger partial charge in [-0.1, -0.05) is 13.0 Å². The van der Waals surface area contributed by atoms with Gasteiger partial charge in [0, 0.05) is 71.2 Å². The number of hydrogen-bond acceptors (Lipinski definition) is 3. The first kappa shape index (κ1) is 22.6. The maximum absolute atomic E-state index is 14.2. The van der Waals surface area contributed by atoms with Crippen LogP contribution in [0.2, 0.25) is 0 Å². The van der Waals surface area contributed by atoms with Crippen molar-refractivity contribution in [3.63, 3.8) is 0 Å². The fourth-order valence-corrected chi connectivity index (χ4v) is 3.77. The van der Waals surface area contributed by atoms with Crippen LogP contribution in [0.5, 0.6) is 0 Å². The summed E-state index contributed by atoms with van der Waals surface area (Å²) in [6, 6.07) is 3.87. The Bertz CT molecular complexity index is 618. The smallest absolute Gasteiger partial charge is 0.193 e. The molecular weight excluding hydrogens is 362 g/mol. The molecule has 28 heavy (non-hydrogen) atoms. The summed E-state index contributed by atoms with van der Waals surface area (Å²) in [4.78, 5) is 8.94. The molecule has 0 spiro atoms. The molecule has 1 aromatic rings. The van der Waals surface area contributed by atoms with Crippen LogP contribution in [0.3, 0.4) is 0 Å². The van der Waals surface area contributed by atoms with Gasteiger partial charge in [0.25, 0.3) is 0 Å². The molecule has 158 valence electrons. The normalized spacial score (nSPS) is 17.0. The topological polar surface area (TPSA) is 40.1 Å². The lowest BCUT2D eigenvalue weighted by atomic mass is 10.0. The molecular formula is C21H34F2N4O. The molecule has 1 saturated heterocycles. The first-order chi connectivity index (χ1) is 13.6. The number of nitrogens with one attached hydrogen (secondary N) is 1. The van der Waals surface area contributed by atoms with E-state index < -0.39 is 11.6 Å². The van der Waals surface area contributed by atoms with Crippen LogP contribution in [0.1, 0.15) is 44.2 Å². The number of nitrogens with zero attached hydrogens (tertiary/aromatic N) is 3. The molecule has 0 aliphatic carbocycles. The minimum atomic E-state index is -0.530. The zero-order chi connectivity index (χ0) is 20.4. The van der Waals surface area contributed by atoms with E-state index in [0.29, 0.717) is 5.56 Å². The predicted octanol–water partition coefficient (Wildman–Crippen LogP) is 3.43. The van der Waals surface area contributed by atoms with E-state index in [1.54, 1.807) is 13.2 Å². The number of unbranched alkanes of at least 4 members (excludes halogenated alkanes) is 2. The number of hydrogen-bond donors (Lipinski definition) is 1. The fraction of sp³-hybridized carbons (Fsp3) is 0.667. The van der Waals surface area contributed by atoms with E-state index in [4.69, 9.17) is 4.74 Å². The molecule has 1 heterocycles. The molecule has 1 aliphatic heterocycles. The van der Waals surface area contributed by atoms with E-state index >= 15 is 0 Å². The van der Waals surface area contributed by atoms with E-state index in [-0.39, 0.29) is 6.04 Å². The Kier molecular flexibility index (Phi) is 9.64. The predicted molar refractivity (Wildman–Crippen MR) is 110 cm³/mol. The lowest BCUT2D eigenvalue weighted by Crippen LogP contribution is -2.53. The molecule has 1 atom stereocenters. The molecule has 0 radical (unpaired) electrons. The molecule has 1 aromatic carbocycles. The number of piperazine rings is 1. The third-order valence-corrected chi connectivity index (χ3v) is 5.28. The summed E-state index contributed by atoms with van der Waals surface area (Å²) in [6.07, 6.45) is 4.09. The van der Waals surface area contributed by atoms with E-state index in [9.17, 15) is 8.78 Å². The highest BCUT2D eigenvalue weighted by atomic mass is 19.1. The zero-order valence-electron chi connectivity index (χ0n) is 17.4. The molecule has 2 rings (SSSR count). The van der Waals surface area contributed by atoms with Crippen LogP contribution in [0.15, 0.2) is 23.2 Å². The Balaban J connectivity index is 1.84. The monoisotopic (exact) mass is 396 g/mol. The summed E-state index contributed by atoms with van der Waals surface area (Å²) in [5, 5.41) is 3.44. The van der Waals surface area contributed by atoms with Crippen LogP contribution in [-0.2, 0) is 4.74 Å². The molecule has 7 heteroatoms. The average molecular weight is 397 g/mol. The Hall–Kier alpha value is -1.73. The summed E-state index contributed by atoms with van der Waals surface area (Å²) in [7, 11) is 3.54. The molecule has 0 saturated carbocycles. The van der Waals surface area contributed by atoms with E-state index in [2.05, 4.69) is 20.1 Å². The first-order valence-corrected chi connectivity index (χ1v) is 10.2. The van der Waals surface area contributed by atoms with Crippen molar-refractivity contribution in [2.45, 2.75) is 38.6 Å². The third-order valence-electron chi connectivity index (χ3n) is 5.28. The second kappa shape index (κ2) is 12.0. The molecule has 1 N–H and O–H groups in total. The van der Waals surface area contributed by atoms with Gasteiger partial charge in [-0.3, -0.25) is 9.89 Å². The van der Waals surface area contributed by atoms with Crippen molar-refractivity contribution in [1.29, 1.82) is 0 Å². The minimum Gasteiger partial charge on any atom is -0.385 e. The van der Waals surface area contributed by atoms with Crippen molar-refractivity contribution < 1.29 is 13.5 Å². The van der Waals surface area contributed by atoms with Crippen LogP contribution in [0.25, 0.3) is 0 Å². The molecule has 1 fully saturated rings. The highest BCUT2D eigenvalue weighted by Crippen LogP contribution is 2.28. The Morgan fingerprint density at radius 1 is 1.18 bits per heavy atom. The Morgan fingerprint density at radius 3 is 2.54 bits per heavy atom. The van der Waals surface area contributed by atoms with Gasteiger partial charge in [0.05, 0.1) is 0 Å². The third kappa shape index (κ3) is 6.41. The van der Waals surface area contributed by atoms with Crippen LogP contribution in [0, 0.1) is 11.6 Å². The summed E-state index contributed by atoms with van der Waals surface area (Å²) < 4.78 is 32.5. The Morgan fingerprint density at radius 2 is 1.93 bits per heavy atom. The van der Waals surface area contributed by atoms with Gasteiger partial charge < -0.3 is 15.0 Å². The summed E-state index contributed by atoms with van der Waals surface area (Å²) in [5.74, 6) is -0.0642. The zero-order valence-corrected chi connectivity index (χ0v) is 17.4. The summed E-state index contributed by atoms with van der Waals surface area (Å²) in [5.41, 5.74) is 0.580. The van der Waals surface area contributed by atoms with Crippen molar-refractivity contribution in [2.24, 2.45) is 4.99 Å². The second-order valence-electron chi connectivity index (χ2n) is 7.14. The molecule has 5 nitrogen and oxygen atoms in total. The number of guanidine groups is 1. The SMILES string of the molecule is CCC(c1ccc(F)cc1F)N1CCN(C(=NC)NCCCCCOC)CC1. The van der Waals surface area contributed by atoms with Crippen LogP contribution < -0.4 is 5.32 Å². The molecule has 1 unspecified atom stereocenters. The maximum Gasteiger partial charge on any atom is 0.193 e. The molecule has 1 aliphatic rings. The van der Waals surface area contributed by atoms with Gasteiger partial charge in [-0.15, -0.1) is 0 Å². The number of rotatable bonds is 9. The van der Waals surface area contributed by atoms with Crippen LogP contribution in [-0.4, -0.2) is 69.2 Å².